The molecule has 4 rings (SSSR count). The second kappa shape index (κ2) is 8.19. The summed E-state index contributed by atoms with van der Waals surface area (Å²) < 4.78 is 6.14. The van der Waals surface area contributed by atoms with Gasteiger partial charge in [0.05, 0.1) is 29.3 Å². The number of benzene rings is 2. The first-order valence-electron chi connectivity index (χ1n) is 9.18. The van der Waals surface area contributed by atoms with Gasteiger partial charge in [-0.3, -0.25) is 19.7 Å². The maximum atomic E-state index is 12.9. The van der Waals surface area contributed by atoms with Gasteiger partial charge in [-0.25, -0.2) is 0 Å². The van der Waals surface area contributed by atoms with E-state index in [4.69, 9.17) is 4.42 Å². The highest BCUT2D eigenvalue weighted by atomic mass is 79.9. The number of aliphatic hydroxyl groups is 1. The fourth-order valence-electron chi connectivity index (χ4n) is 3.53. The van der Waals surface area contributed by atoms with Crippen molar-refractivity contribution in [2.75, 3.05) is 0 Å². The third-order valence-corrected chi connectivity index (χ3v) is 5.49. The predicted molar refractivity (Wildman–Crippen MR) is 114 cm³/mol. The second-order valence-corrected chi connectivity index (χ2v) is 7.78. The Morgan fingerprint density at radius 2 is 1.87 bits per heavy atom. The van der Waals surface area contributed by atoms with Crippen molar-refractivity contribution in [1.29, 1.82) is 0 Å². The van der Waals surface area contributed by atoms with Gasteiger partial charge in [0.25, 0.3) is 17.4 Å². The molecule has 1 amide bonds. The molecule has 1 N–H and O–H groups in total. The molecule has 1 atom stereocenters. The quantitative estimate of drug-likeness (QED) is 0.187. The van der Waals surface area contributed by atoms with Gasteiger partial charge >= 0.3 is 0 Å². The van der Waals surface area contributed by atoms with E-state index in [2.05, 4.69) is 15.9 Å². The Balaban J connectivity index is 1.87. The first kappa shape index (κ1) is 20.5. The lowest BCUT2D eigenvalue weighted by molar-refractivity contribution is -0.384. The molecule has 0 unspecified atom stereocenters. The molecular formula is C22H15BrN2O6. The molecule has 156 valence electrons. The molecule has 0 aliphatic carbocycles. The molecule has 0 bridgehead atoms. The summed E-state index contributed by atoms with van der Waals surface area (Å²) in [6, 6.07) is 14.7. The Morgan fingerprint density at radius 3 is 2.52 bits per heavy atom. The number of nitro benzene ring substituents is 1. The third-order valence-electron chi connectivity index (χ3n) is 4.96. The Labute approximate surface area is 184 Å². The van der Waals surface area contributed by atoms with E-state index in [0.29, 0.717) is 11.3 Å². The molecule has 8 nitrogen and oxygen atoms in total. The van der Waals surface area contributed by atoms with E-state index in [0.717, 1.165) is 10.5 Å². The van der Waals surface area contributed by atoms with Gasteiger partial charge in [-0.1, -0.05) is 40.2 Å². The van der Waals surface area contributed by atoms with E-state index in [1.807, 2.05) is 0 Å². The molecule has 1 fully saturated rings. The van der Waals surface area contributed by atoms with Crippen LogP contribution in [0.5, 0.6) is 0 Å². The molecule has 0 saturated carbocycles. The van der Waals surface area contributed by atoms with E-state index >= 15 is 0 Å². The van der Waals surface area contributed by atoms with Crippen LogP contribution in [0.1, 0.15) is 22.9 Å². The molecule has 2 aromatic carbocycles. The Hall–Kier alpha value is -3.72. The average Bonchev–Trinajstić information content (AvgIpc) is 3.36. The Morgan fingerprint density at radius 1 is 1.13 bits per heavy atom. The molecule has 1 aliphatic heterocycles. The number of nitro groups is 1. The summed E-state index contributed by atoms with van der Waals surface area (Å²) in [6.45, 7) is 0.0179. The van der Waals surface area contributed by atoms with Crippen molar-refractivity contribution in [3.8, 4) is 0 Å². The standard InChI is InChI=1S/C22H15BrN2O6/c23-15-8-6-13(7-9-15)19-18(20(26)14-3-1-4-16(11-14)25(29)30)21(27)22(28)24(19)12-17-5-2-10-31-17/h1-11,19,26H,12H2/t19-/m1/s1. The van der Waals surface area contributed by atoms with Crippen molar-refractivity contribution in [2.45, 2.75) is 12.6 Å². The van der Waals surface area contributed by atoms with Gasteiger partial charge in [-0.15, -0.1) is 0 Å². The fraction of sp³-hybridized carbons (Fsp3) is 0.0909. The van der Waals surface area contributed by atoms with Crippen molar-refractivity contribution in [3.63, 3.8) is 0 Å². The van der Waals surface area contributed by atoms with E-state index < -0.39 is 28.4 Å². The number of aliphatic hydroxyl groups excluding tert-OH is 1. The number of rotatable bonds is 5. The maximum Gasteiger partial charge on any atom is 0.296 e. The molecule has 31 heavy (non-hydrogen) atoms. The first-order valence-corrected chi connectivity index (χ1v) is 9.97. The summed E-state index contributed by atoms with van der Waals surface area (Å²) in [4.78, 5) is 37.7. The van der Waals surface area contributed by atoms with Gasteiger partial charge in [0, 0.05) is 22.2 Å². The number of Topliss-reactive ketones (excluding diaryl/α,β-unsaturated/α-hetero) is 1. The summed E-state index contributed by atoms with van der Waals surface area (Å²) in [6.07, 6.45) is 1.46. The molecule has 9 heteroatoms. The summed E-state index contributed by atoms with van der Waals surface area (Å²) in [5.41, 5.74) is 0.293. The fourth-order valence-corrected chi connectivity index (χ4v) is 3.79. The van der Waals surface area contributed by atoms with Gasteiger partial charge in [0.1, 0.15) is 11.5 Å². The van der Waals surface area contributed by atoms with E-state index in [-0.39, 0.29) is 23.4 Å². The van der Waals surface area contributed by atoms with Crippen LogP contribution < -0.4 is 0 Å². The number of ketones is 1. The SMILES string of the molecule is O=C1C(=O)N(Cc2ccco2)[C@H](c2ccc(Br)cc2)C1=C(O)c1cccc([N+](=O)[O-])c1. The summed E-state index contributed by atoms with van der Waals surface area (Å²) in [5.74, 6) is -1.67. The van der Waals surface area contributed by atoms with Crippen LogP contribution in [0.25, 0.3) is 5.76 Å². The van der Waals surface area contributed by atoms with Gasteiger partial charge < -0.3 is 14.4 Å². The number of furan rings is 1. The number of amides is 1. The minimum absolute atomic E-state index is 0.0179. The van der Waals surface area contributed by atoms with Gasteiger partial charge in [-0.05, 0) is 29.8 Å². The number of halogens is 1. The zero-order valence-corrected chi connectivity index (χ0v) is 17.5. The zero-order valence-electron chi connectivity index (χ0n) is 15.9. The van der Waals surface area contributed by atoms with Crippen LogP contribution in [0.3, 0.4) is 0 Å². The first-order chi connectivity index (χ1) is 14.9. The molecule has 2 heterocycles. The van der Waals surface area contributed by atoms with E-state index in [1.165, 1.54) is 29.4 Å². The van der Waals surface area contributed by atoms with E-state index in [9.17, 15) is 24.8 Å². The Bertz CT molecular complexity index is 1200. The largest absolute Gasteiger partial charge is 0.507 e. The molecule has 3 aromatic rings. The zero-order chi connectivity index (χ0) is 22.1. The highest BCUT2D eigenvalue weighted by Gasteiger charge is 2.46. The molecule has 0 spiro atoms. The maximum absolute atomic E-state index is 12.9. The number of nitrogens with zero attached hydrogens (tertiary/aromatic N) is 2. The highest BCUT2D eigenvalue weighted by molar-refractivity contribution is 9.10. The van der Waals surface area contributed by atoms with Crippen LogP contribution in [0, 0.1) is 10.1 Å². The predicted octanol–water partition coefficient (Wildman–Crippen LogP) is 4.57. The summed E-state index contributed by atoms with van der Waals surface area (Å²) >= 11 is 3.36. The van der Waals surface area contributed by atoms with Crippen LogP contribution in [0.15, 0.2) is 81.4 Å². The number of non-ortho nitro benzene ring substituents is 1. The van der Waals surface area contributed by atoms with Crippen LogP contribution in [-0.2, 0) is 16.1 Å². The van der Waals surface area contributed by atoms with Gasteiger partial charge in [0.2, 0.25) is 0 Å². The molecule has 1 saturated heterocycles. The minimum Gasteiger partial charge on any atom is -0.507 e. The van der Waals surface area contributed by atoms with Crippen LogP contribution >= 0.6 is 15.9 Å². The average molecular weight is 483 g/mol. The highest BCUT2D eigenvalue weighted by Crippen LogP contribution is 2.40. The number of hydrogen-bond acceptors (Lipinski definition) is 6. The van der Waals surface area contributed by atoms with E-state index in [1.54, 1.807) is 36.4 Å². The van der Waals surface area contributed by atoms with Crippen LogP contribution in [0.2, 0.25) is 0 Å². The number of hydrogen-bond donors (Lipinski definition) is 1. The number of carbonyl (C=O) groups is 2. The smallest absolute Gasteiger partial charge is 0.296 e. The summed E-state index contributed by atoms with van der Waals surface area (Å²) in [7, 11) is 0. The normalized spacial score (nSPS) is 17.8. The van der Waals surface area contributed by atoms with Gasteiger partial charge in [0.15, 0.2) is 0 Å². The van der Waals surface area contributed by atoms with Crippen LogP contribution in [0.4, 0.5) is 5.69 Å². The number of likely N-dealkylation sites (tertiary alicyclic amines) is 1. The van der Waals surface area contributed by atoms with Crippen molar-refractivity contribution in [2.24, 2.45) is 0 Å². The summed E-state index contributed by atoms with van der Waals surface area (Å²) in [5, 5.41) is 22.1. The lowest BCUT2D eigenvalue weighted by Gasteiger charge is -2.24. The lowest BCUT2D eigenvalue weighted by Crippen LogP contribution is -2.29. The second-order valence-electron chi connectivity index (χ2n) is 6.87. The molecule has 1 aliphatic rings. The lowest BCUT2D eigenvalue weighted by atomic mass is 9.95. The third kappa shape index (κ3) is 3.87. The van der Waals surface area contributed by atoms with Crippen molar-refractivity contribution >= 4 is 39.1 Å². The minimum atomic E-state index is -0.891. The number of carbonyl (C=O) groups excluding carboxylic acids is 2. The molecule has 1 aromatic heterocycles. The van der Waals surface area contributed by atoms with Crippen molar-refractivity contribution < 1.29 is 24.0 Å². The monoisotopic (exact) mass is 482 g/mol. The molecule has 0 radical (unpaired) electrons. The molecular weight excluding hydrogens is 468 g/mol. The van der Waals surface area contributed by atoms with Gasteiger partial charge in [-0.2, -0.15) is 0 Å². The van der Waals surface area contributed by atoms with Crippen LogP contribution in [-0.4, -0.2) is 26.6 Å². The topological polar surface area (TPSA) is 114 Å². The van der Waals surface area contributed by atoms with Crippen molar-refractivity contribution in [1.82, 2.24) is 4.90 Å². The van der Waals surface area contributed by atoms with Crippen molar-refractivity contribution in [3.05, 3.63) is 104 Å². The Kier molecular flexibility index (Phi) is 5.43.